The standard InChI is InChI=1S/C18H16BrN3O2S/c19-17-7-5-16(25-17)6-8-18(23)21-14-3-1-4-15(13-14)24-12-11-22-10-2-9-20-22/h1-10,13H,11-12H2,(H,21,23)/b8-6+. The number of amides is 1. The number of carbonyl (C=O) groups excluding carboxylic acids is 1. The van der Waals surface area contributed by atoms with Gasteiger partial charge in [-0.1, -0.05) is 6.07 Å². The maximum Gasteiger partial charge on any atom is 0.248 e. The highest BCUT2D eigenvalue weighted by molar-refractivity contribution is 9.11. The Morgan fingerprint density at radius 1 is 1.32 bits per heavy atom. The van der Waals surface area contributed by atoms with Crippen molar-refractivity contribution >= 4 is 44.9 Å². The van der Waals surface area contributed by atoms with Crippen LogP contribution in [0, 0.1) is 0 Å². The zero-order valence-corrected chi connectivity index (χ0v) is 15.7. The maximum absolute atomic E-state index is 12.0. The summed E-state index contributed by atoms with van der Waals surface area (Å²) in [6.07, 6.45) is 6.93. The molecule has 0 saturated heterocycles. The minimum absolute atomic E-state index is 0.182. The summed E-state index contributed by atoms with van der Waals surface area (Å²) in [5.41, 5.74) is 0.693. The molecule has 2 aromatic heterocycles. The summed E-state index contributed by atoms with van der Waals surface area (Å²) >= 11 is 4.97. The van der Waals surface area contributed by atoms with Gasteiger partial charge in [-0.3, -0.25) is 9.48 Å². The summed E-state index contributed by atoms with van der Waals surface area (Å²) in [4.78, 5) is 13.0. The molecule has 128 valence electrons. The van der Waals surface area contributed by atoms with Gasteiger partial charge in [0.15, 0.2) is 0 Å². The molecule has 5 nitrogen and oxygen atoms in total. The first-order valence-corrected chi connectivity index (χ1v) is 9.25. The van der Waals surface area contributed by atoms with Gasteiger partial charge in [-0.05, 0) is 52.3 Å². The Morgan fingerprint density at radius 3 is 3.00 bits per heavy atom. The van der Waals surface area contributed by atoms with Crippen LogP contribution >= 0.6 is 27.3 Å². The average molecular weight is 418 g/mol. The quantitative estimate of drug-likeness (QED) is 0.578. The highest BCUT2D eigenvalue weighted by Crippen LogP contribution is 2.23. The number of thiophene rings is 1. The molecule has 0 spiro atoms. The lowest BCUT2D eigenvalue weighted by molar-refractivity contribution is -0.111. The van der Waals surface area contributed by atoms with Gasteiger partial charge >= 0.3 is 0 Å². The lowest BCUT2D eigenvalue weighted by atomic mass is 10.3. The van der Waals surface area contributed by atoms with Crippen LogP contribution in [0.5, 0.6) is 5.75 Å². The predicted molar refractivity (Wildman–Crippen MR) is 104 cm³/mol. The van der Waals surface area contributed by atoms with Gasteiger partial charge in [0.2, 0.25) is 5.91 Å². The smallest absolute Gasteiger partial charge is 0.248 e. The fourth-order valence-corrected chi connectivity index (χ4v) is 3.44. The highest BCUT2D eigenvalue weighted by atomic mass is 79.9. The number of aromatic nitrogens is 2. The Morgan fingerprint density at radius 2 is 2.24 bits per heavy atom. The molecule has 1 N–H and O–H groups in total. The topological polar surface area (TPSA) is 56.1 Å². The number of halogens is 1. The fourth-order valence-electron chi connectivity index (χ4n) is 2.11. The Kier molecular flexibility index (Phi) is 6.03. The van der Waals surface area contributed by atoms with Crippen LogP contribution in [0.4, 0.5) is 5.69 Å². The van der Waals surface area contributed by atoms with Crippen molar-refractivity contribution in [2.45, 2.75) is 6.54 Å². The van der Waals surface area contributed by atoms with Crippen LogP contribution in [-0.4, -0.2) is 22.3 Å². The molecule has 0 saturated carbocycles. The SMILES string of the molecule is O=C(/C=C/c1ccc(Br)s1)Nc1cccc(OCCn2cccn2)c1. The maximum atomic E-state index is 12.0. The van der Waals surface area contributed by atoms with E-state index in [0.29, 0.717) is 24.6 Å². The lowest BCUT2D eigenvalue weighted by Gasteiger charge is -2.08. The molecule has 0 unspecified atom stereocenters. The summed E-state index contributed by atoms with van der Waals surface area (Å²) in [6.45, 7) is 1.18. The van der Waals surface area contributed by atoms with E-state index in [-0.39, 0.29) is 5.91 Å². The molecule has 25 heavy (non-hydrogen) atoms. The summed E-state index contributed by atoms with van der Waals surface area (Å²) in [5.74, 6) is 0.523. The third kappa shape index (κ3) is 5.58. The van der Waals surface area contributed by atoms with E-state index < -0.39 is 0 Å². The summed E-state index contributed by atoms with van der Waals surface area (Å²) < 4.78 is 8.54. The monoisotopic (exact) mass is 417 g/mol. The molecule has 0 fully saturated rings. The second-order valence-electron chi connectivity index (χ2n) is 5.11. The number of nitrogens with one attached hydrogen (secondary N) is 1. The Hall–Kier alpha value is -2.38. The predicted octanol–water partition coefficient (Wildman–Crippen LogP) is 4.44. The molecule has 0 atom stereocenters. The molecular formula is C18H16BrN3O2S. The van der Waals surface area contributed by atoms with Crippen molar-refractivity contribution in [2.75, 3.05) is 11.9 Å². The van der Waals surface area contributed by atoms with Crippen LogP contribution in [0.25, 0.3) is 6.08 Å². The zero-order valence-electron chi connectivity index (χ0n) is 13.3. The molecule has 7 heteroatoms. The highest BCUT2D eigenvalue weighted by Gasteiger charge is 2.01. The molecule has 1 amide bonds. The van der Waals surface area contributed by atoms with Crippen molar-refractivity contribution in [1.29, 1.82) is 0 Å². The van der Waals surface area contributed by atoms with Gasteiger partial charge in [0.25, 0.3) is 0 Å². The Labute approximate surface area is 158 Å². The van der Waals surface area contributed by atoms with E-state index in [4.69, 9.17) is 4.74 Å². The number of ether oxygens (including phenoxy) is 1. The van der Waals surface area contributed by atoms with E-state index in [1.54, 1.807) is 34.4 Å². The van der Waals surface area contributed by atoms with Crippen LogP contribution in [0.3, 0.4) is 0 Å². The lowest BCUT2D eigenvalue weighted by Crippen LogP contribution is -2.09. The van der Waals surface area contributed by atoms with Gasteiger partial charge in [0, 0.05) is 35.1 Å². The Bertz CT molecular complexity index is 859. The van der Waals surface area contributed by atoms with E-state index in [1.165, 1.54) is 6.08 Å². The van der Waals surface area contributed by atoms with Gasteiger partial charge in [0.05, 0.1) is 10.3 Å². The van der Waals surface area contributed by atoms with Crippen molar-refractivity contribution in [1.82, 2.24) is 9.78 Å². The molecule has 2 heterocycles. The second kappa shape index (κ2) is 8.64. The molecule has 0 aliphatic heterocycles. The fraction of sp³-hybridized carbons (Fsp3) is 0.111. The van der Waals surface area contributed by atoms with Gasteiger partial charge < -0.3 is 10.1 Å². The van der Waals surface area contributed by atoms with Crippen LogP contribution in [0.1, 0.15) is 4.88 Å². The number of hydrogen-bond donors (Lipinski definition) is 1. The molecule has 0 bridgehead atoms. The number of nitrogens with zero attached hydrogens (tertiary/aromatic N) is 2. The van der Waals surface area contributed by atoms with Gasteiger partial charge in [-0.2, -0.15) is 5.10 Å². The molecule has 1 aromatic carbocycles. The Balaban J connectivity index is 1.52. The normalized spacial score (nSPS) is 10.9. The van der Waals surface area contributed by atoms with E-state index in [9.17, 15) is 4.79 Å². The second-order valence-corrected chi connectivity index (χ2v) is 7.60. The van der Waals surface area contributed by atoms with Crippen molar-refractivity contribution in [3.63, 3.8) is 0 Å². The summed E-state index contributed by atoms with van der Waals surface area (Å²) in [7, 11) is 0. The number of benzene rings is 1. The molecule has 3 aromatic rings. The third-order valence-corrected chi connectivity index (χ3v) is 4.83. The first kappa shape index (κ1) is 17.4. The number of carbonyl (C=O) groups is 1. The molecule has 0 radical (unpaired) electrons. The minimum atomic E-state index is -0.182. The van der Waals surface area contributed by atoms with E-state index in [0.717, 1.165) is 8.66 Å². The van der Waals surface area contributed by atoms with Crippen molar-refractivity contribution < 1.29 is 9.53 Å². The molecule has 3 rings (SSSR count). The first-order valence-electron chi connectivity index (χ1n) is 7.64. The zero-order chi connectivity index (χ0) is 17.5. The van der Waals surface area contributed by atoms with Gasteiger partial charge in [-0.15, -0.1) is 11.3 Å². The number of anilines is 1. The van der Waals surface area contributed by atoms with Crippen molar-refractivity contribution in [3.05, 3.63) is 69.6 Å². The van der Waals surface area contributed by atoms with E-state index in [1.807, 2.05) is 42.6 Å². The van der Waals surface area contributed by atoms with Crippen molar-refractivity contribution in [2.24, 2.45) is 0 Å². The van der Waals surface area contributed by atoms with E-state index >= 15 is 0 Å². The number of rotatable bonds is 7. The van der Waals surface area contributed by atoms with Gasteiger partial charge in [-0.25, -0.2) is 0 Å². The molecular weight excluding hydrogens is 402 g/mol. The number of hydrogen-bond acceptors (Lipinski definition) is 4. The first-order chi connectivity index (χ1) is 12.2. The summed E-state index contributed by atoms with van der Waals surface area (Å²) in [6, 6.07) is 13.1. The minimum Gasteiger partial charge on any atom is -0.492 e. The van der Waals surface area contributed by atoms with Crippen LogP contribution in [0.15, 0.2) is 64.7 Å². The average Bonchev–Trinajstić information content (AvgIpc) is 3.25. The van der Waals surface area contributed by atoms with Gasteiger partial charge in [0.1, 0.15) is 12.4 Å². The molecule has 0 aliphatic rings. The molecule has 0 aliphatic carbocycles. The van der Waals surface area contributed by atoms with Crippen LogP contribution in [-0.2, 0) is 11.3 Å². The summed E-state index contributed by atoms with van der Waals surface area (Å²) in [5, 5.41) is 6.95. The largest absolute Gasteiger partial charge is 0.492 e. The van der Waals surface area contributed by atoms with E-state index in [2.05, 4.69) is 26.3 Å². The van der Waals surface area contributed by atoms with Crippen LogP contribution in [0.2, 0.25) is 0 Å². The van der Waals surface area contributed by atoms with Crippen LogP contribution < -0.4 is 10.1 Å². The van der Waals surface area contributed by atoms with Crippen molar-refractivity contribution in [3.8, 4) is 5.75 Å². The third-order valence-electron chi connectivity index (χ3n) is 3.24.